The lowest BCUT2D eigenvalue weighted by molar-refractivity contribution is 0.355. The molecule has 0 amide bonds. The summed E-state index contributed by atoms with van der Waals surface area (Å²) in [5, 5.41) is 11.1. The lowest BCUT2D eigenvalue weighted by Crippen LogP contribution is -2.11. The molecule has 0 radical (unpaired) electrons. The highest BCUT2D eigenvalue weighted by Crippen LogP contribution is 2.35. The average Bonchev–Trinajstić information content (AvgIpc) is 3.93. The van der Waals surface area contributed by atoms with Gasteiger partial charge in [-0.2, -0.15) is 11.3 Å². The van der Waals surface area contributed by atoms with Crippen molar-refractivity contribution in [2.24, 2.45) is 11.8 Å². The van der Waals surface area contributed by atoms with E-state index in [0.717, 1.165) is 75.0 Å². The van der Waals surface area contributed by atoms with Gasteiger partial charge in [0.15, 0.2) is 34.4 Å². The van der Waals surface area contributed by atoms with Crippen LogP contribution in [-0.4, -0.2) is 56.0 Å². The molecular weight excluding hydrogens is 657 g/mol. The molecule has 11 heteroatoms. The highest BCUT2D eigenvalue weighted by Gasteiger charge is 2.17. The van der Waals surface area contributed by atoms with Gasteiger partial charge >= 0.3 is 0 Å². The van der Waals surface area contributed by atoms with Crippen LogP contribution >= 0.6 is 11.3 Å². The fourth-order valence-electron chi connectivity index (χ4n) is 6.01. The number of hydrogen-bond acceptors (Lipinski definition) is 9. The van der Waals surface area contributed by atoms with E-state index in [0.29, 0.717) is 23.3 Å². The molecule has 0 saturated carbocycles. The van der Waals surface area contributed by atoms with E-state index in [1.165, 1.54) is 5.56 Å². The van der Waals surface area contributed by atoms with Crippen LogP contribution in [0.15, 0.2) is 96.0 Å². The van der Waals surface area contributed by atoms with E-state index >= 15 is 0 Å². The van der Waals surface area contributed by atoms with Gasteiger partial charge in [0.25, 0.3) is 0 Å². The SMILES string of the molecule is CC(C)CNc1nc2ccccc2n2c(-c3ccsc3)cnc12.COc1ccc(-c2cnc3c(NCC(C)C)nc4ccccc4n23)cc1OC. The summed E-state index contributed by atoms with van der Waals surface area (Å²) < 4.78 is 15.2. The molecule has 0 aliphatic heterocycles. The maximum absolute atomic E-state index is 5.48. The van der Waals surface area contributed by atoms with E-state index in [1.54, 1.807) is 25.6 Å². The zero-order valence-corrected chi connectivity index (χ0v) is 30.5. The number of benzene rings is 3. The number of rotatable bonds is 10. The molecule has 5 heterocycles. The van der Waals surface area contributed by atoms with Crippen molar-refractivity contribution >= 4 is 56.3 Å². The number of aromatic nitrogens is 6. The first-order valence-electron chi connectivity index (χ1n) is 17.1. The van der Waals surface area contributed by atoms with Gasteiger partial charge in [0.1, 0.15) is 0 Å². The standard InChI is InChI=1S/C22H24N4O2.C18H18N4S/c1-14(2)12-23-21-22-24-13-18(15-9-10-19(27-3)20(11-15)28-4)26(22)17-8-6-5-7-16(17)25-21;1-12(2)9-19-17-18-20-10-16(13-7-8-23-11-13)22(18)15-6-4-3-5-14(15)21-17/h5-11,13-14H,12H2,1-4H3,(H,23,25);3-8,10-12H,9H2,1-2H3,(H,19,21). The number of imidazole rings is 2. The number of nitrogens with one attached hydrogen (secondary N) is 2. The molecule has 0 fully saturated rings. The number of ether oxygens (including phenoxy) is 2. The lowest BCUT2D eigenvalue weighted by Gasteiger charge is -2.13. The summed E-state index contributed by atoms with van der Waals surface area (Å²) in [5.41, 5.74) is 9.93. The van der Waals surface area contributed by atoms with E-state index in [-0.39, 0.29) is 0 Å². The minimum absolute atomic E-state index is 0.508. The van der Waals surface area contributed by atoms with Crippen LogP contribution < -0.4 is 20.1 Å². The third-order valence-electron chi connectivity index (χ3n) is 8.51. The van der Waals surface area contributed by atoms with Crippen LogP contribution in [0, 0.1) is 11.8 Å². The van der Waals surface area contributed by atoms with Gasteiger partial charge in [0.2, 0.25) is 0 Å². The molecule has 5 aromatic heterocycles. The van der Waals surface area contributed by atoms with Crippen molar-refractivity contribution in [2.75, 3.05) is 37.9 Å². The molecule has 0 aliphatic rings. The van der Waals surface area contributed by atoms with Gasteiger partial charge in [-0.1, -0.05) is 52.0 Å². The second-order valence-electron chi connectivity index (χ2n) is 13.1. The molecule has 0 aliphatic carbocycles. The number of nitrogens with zero attached hydrogens (tertiary/aromatic N) is 6. The summed E-state index contributed by atoms with van der Waals surface area (Å²) in [4.78, 5) is 18.9. The summed E-state index contributed by atoms with van der Waals surface area (Å²) >= 11 is 1.70. The Bertz CT molecular complexity index is 2430. The summed E-state index contributed by atoms with van der Waals surface area (Å²) in [6.07, 6.45) is 3.82. The molecule has 8 rings (SSSR count). The third-order valence-corrected chi connectivity index (χ3v) is 9.19. The first-order chi connectivity index (χ1) is 24.9. The average molecular weight is 699 g/mol. The van der Waals surface area contributed by atoms with Crippen LogP contribution in [0.25, 0.3) is 55.9 Å². The van der Waals surface area contributed by atoms with Crippen LogP contribution in [0.3, 0.4) is 0 Å². The predicted octanol–water partition coefficient (Wildman–Crippen LogP) is 9.31. The van der Waals surface area contributed by atoms with Gasteiger partial charge < -0.3 is 20.1 Å². The highest BCUT2D eigenvalue weighted by atomic mass is 32.1. The molecule has 51 heavy (non-hydrogen) atoms. The molecule has 10 nitrogen and oxygen atoms in total. The lowest BCUT2D eigenvalue weighted by atomic mass is 10.1. The molecule has 8 aromatic rings. The zero-order valence-electron chi connectivity index (χ0n) is 29.7. The Morgan fingerprint density at radius 2 is 1.18 bits per heavy atom. The van der Waals surface area contributed by atoms with Gasteiger partial charge in [-0.05, 0) is 65.7 Å². The Morgan fingerprint density at radius 3 is 1.67 bits per heavy atom. The molecule has 0 saturated heterocycles. The van der Waals surface area contributed by atoms with Gasteiger partial charge in [-0.3, -0.25) is 8.80 Å². The number of para-hydroxylation sites is 4. The summed E-state index contributed by atoms with van der Waals surface area (Å²) in [5.74, 6) is 4.08. The minimum atomic E-state index is 0.508. The quantitative estimate of drug-likeness (QED) is 0.146. The topological polar surface area (TPSA) is 103 Å². The fourth-order valence-corrected chi connectivity index (χ4v) is 6.66. The van der Waals surface area contributed by atoms with Crippen molar-refractivity contribution in [3.05, 3.63) is 96.0 Å². The molecule has 3 aromatic carbocycles. The molecular formula is C40H42N8O2S. The summed E-state index contributed by atoms with van der Waals surface area (Å²) in [7, 11) is 3.28. The highest BCUT2D eigenvalue weighted by molar-refractivity contribution is 7.08. The van der Waals surface area contributed by atoms with Crippen LogP contribution in [0.2, 0.25) is 0 Å². The van der Waals surface area contributed by atoms with Crippen molar-refractivity contribution < 1.29 is 9.47 Å². The van der Waals surface area contributed by atoms with E-state index in [1.807, 2.05) is 67.0 Å². The van der Waals surface area contributed by atoms with E-state index < -0.39 is 0 Å². The largest absolute Gasteiger partial charge is 0.493 e. The zero-order chi connectivity index (χ0) is 35.5. The van der Waals surface area contributed by atoms with Crippen LogP contribution in [-0.2, 0) is 0 Å². The Balaban J connectivity index is 0.000000162. The van der Waals surface area contributed by atoms with Crippen LogP contribution in [0.4, 0.5) is 11.6 Å². The Kier molecular flexibility index (Phi) is 9.72. The first-order valence-corrected chi connectivity index (χ1v) is 18.1. The Hall–Kier alpha value is -5.68. The Labute approximate surface area is 301 Å². The Morgan fingerprint density at radius 1 is 0.647 bits per heavy atom. The normalized spacial score (nSPS) is 11.5. The third kappa shape index (κ3) is 6.77. The van der Waals surface area contributed by atoms with Crippen LogP contribution in [0.5, 0.6) is 11.5 Å². The number of hydrogen-bond donors (Lipinski definition) is 2. The van der Waals surface area contributed by atoms with Crippen molar-refractivity contribution in [1.82, 2.24) is 28.7 Å². The number of fused-ring (bicyclic) bond motifs is 6. The first kappa shape index (κ1) is 33.8. The number of methoxy groups -OCH3 is 2. The van der Waals surface area contributed by atoms with Crippen molar-refractivity contribution in [1.29, 1.82) is 0 Å². The van der Waals surface area contributed by atoms with Crippen molar-refractivity contribution in [2.45, 2.75) is 27.7 Å². The second kappa shape index (κ2) is 14.7. The van der Waals surface area contributed by atoms with Gasteiger partial charge in [-0.25, -0.2) is 19.9 Å². The smallest absolute Gasteiger partial charge is 0.181 e. The number of anilines is 2. The van der Waals surface area contributed by atoms with Crippen LogP contribution in [0.1, 0.15) is 27.7 Å². The van der Waals surface area contributed by atoms with Gasteiger partial charge in [-0.15, -0.1) is 0 Å². The van der Waals surface area contributed by atoms with E-state index in [4.69, 9.17) is 19.4 Å². The maximum Gasteiger partial charge on any atom is 0.181 e. The molecule has 260 valence electrons. The summed E-state index contributed by atoms with van der Waals surface area (Å²) in [6, 6.07) is 24.3. The monoisotopic (exact) mass is 698 g/mol. The molecule has 0 spiro atoms. The fraction of sp³-hybridized carbons (Fsp3) is 0.250. The van der Waals surface area contributed by atoms with E-state index in [9.17, 15) is 0 Å². The molecule has 2 N–H and O–H groups in total. The van der Waals surface area contributed by atoms with Crippen molar-refractivity contribution in [3.8, 4) is 34.0 Å². The maximum atomic E-state index is 5.48. The van der Waals surface area contributed by atoms with Crippen molar-refractivity contribution in [3.63, 3.8) is 0 Å². The minimum Gasteiger partial charge on any atom is -0.493 e. The van der Waals surface area contributed by atoms with Gasteiger partial charge in [0, 0.05) is 29.6 Å². The molecule has 0 unspecified atom stereocenters. The number of thiophene rings is 1. The second-order valence-corrected chi connectivity index (χ2v) is 13.9. The summed E-state index contributed by atoms with van der Waals surface area (Å²) in [6.45, 7) is 10.4. The predicted molar refractivity (Wildman–Crippen MR) is 209 cm³/mol. The van der Waals surface area contributed by atoms with E-state index in [2.05, 4.69) is 86.1 Å². The molecule has 0 atom stereocenters. The van der Waals surface area contributed by atoms with Gasteiger partial charge in [0.05, 0.1) is 60.1 Å². The molecule has 0 bridgehead atoms.